The van der Waals surface area contributed by atoms with E-state index in [0.29, 0.717) is 5.75 Å². The Morgan fingerprint density at radius 2 is 2.00 bits per heavy atom. The van der Waals surface area contributed by atoms with Crippen LogP contribution < -0.4 is 10.2 Å². The van der Waals surface area contributed by atoms with Crippen LogP contribution in [-0.4, -0.2) is 18.7 Å². The van der Waals surface area contributed by atoms with Gasteiger partial charge in [-0.1, -0.05) is 12.8 Å². The second kappa shape index (κ2) is 9.16. The summed E-state index contributed by atoms with van der Waals surface area (Å²) in [5, 5.41) is 12.5. The van der Waals surface area contributed by atoms with E-state index in [4.69, 9.17) is 10.00 Å². The van der Waals surface area contributed by atoms with Crippen LogP contribution in [0, 0.1) is 11.3 Å². The second-order valence-electron chi connectivity index (χ2n) is 6.19. The molecule has 0 atom stereocenters. The minimum absolute atomic E-state index is 0.0221. The smallest absolute Gasteiger partial charge is 0.281 e. The van der Waals surface area contributed by atoms with E-state index in [1.165, 1.54) is 36.1 Å². The predicted octanol–water partition coefficient (Wildman–Crippen LogP) is 4.07. The van der Waals surface area contributed by atoms with Crippen LogP contribution in [-0.2, 0) is 12.8 Å². The summed E-state index contributed by atoms with van der Waals surface area (Å²) in [6, 6.07) is 11.1. The van der Waals surface area contributed by atoms with Crippen LogP contribution in [0.5, 0.6) is 5.75 Å². The van der Waals surface area contributed by atoms with E-state index in [1.54, 1.807) is 29.7 Å². The van der Waals surface area contributed by atoms with Crippen molar-refractivity contribution in [3.05, 3.63) is 51.2 Å². The fourth-order valence-corrected chi connectivity index (χ4v) is 4.09. The monoisotopic (exact) mass is 367 g/mol. The van der Waals surface area contributed by atoms with Crippen molar-refractivity contribution < 1.29 is 9.53 Å². The lowest BCUT2D eigenvalue weighted by atomic mass is 10.00. The first-order valence-electron chi connectivity index (χ1n) is 8.81. The quantitative estimate of drug-likeness (QED) is 0.639. The van der Waals surface area contributed by atoms with Crippen LogP contribution >= 0.6 is 11.3 Å². The van der Waals surface area contributed by atoms with Crippen molar-refractivity contribution in [2.75, 3.05) is 6.61 Å². The first-order chi connectivity index (χ1) is 12.8. The average Bonchev–Trinajstić information content (AvgIpc) is 3.03. The van der Waals surface area contributed by atoms with Gasteiger partial charge in [0.1, 0.15) is 11.8 Å². The van der Waals surface area contributed by atoms with Gasteiger partial charge < -0.3 is 4.74 Å². The number of hydrogen-bond donors (Lipinski definition) is 1. The molecule has 0 unspecified atom stereocenters. The lowest BCUT2D eigenvalue weighted by Gasteiger charge is -2.07. The van der Waals surface area contributed by atoms with Crippen LogP contribution in [0.4, 0.5) is 0 Å². The van der Waals surface area contributed by atoms with Gasteiger partial charge in [-0.05, 0) is 67.1 Å². The molecule has 2 aromatic rings. The highest BCUT2D eigenvalue weighted by Gasteiger charge is 2.15. The number of hydrazone groups is 1. The third kappa shape index (κ3) is 4.93. The van der Waals surface area contributed by atoms with Crippen molar-refractivity contribution in [2.24, 2.45) is 5.10 Å². The molecule has 0 saturated heterocycles. The number of amides is 1. The Hall–Kier alpha value is -2.65. The molecule has 6 heteroatoms. The number of rotatable bonds is 5. The largest absolute Gasteiger partial charge is 0.479 e. The zero-order valence-electron chi connectivity index (χ0n) is 14.5. The van der Waals surface area contributed by atoms with Gasteiger partial charge in [-0.25, -0.2) is 5.43 Å². The van der Waals surface area contributed by atoms with Gasteiger partial charge in [-0.3, -0.25) is 4.79 Å². The normalized spacial score (nSPS) is 14.1. The van der Waals surface area contributed by atoms with Gasteiger partial charge in [0, 0.05) is 4.88 Å². The molecule has 1 N–H and O–H groups in total. The molecule has 26 heavy (non-hydrogen) atoms. The van der Waals surface area contributed by atoms with Gasteiger partial charge >= 0.3 is 0 Å². The van der Waals surface area contributed by atoms with Crippen LogP contribution in [0.1, 0.15) is 51.4 Å². The number of nitrogens with one attached hydrogen (secondary N) is 1. The van der Waals surface area contributed by atoms with E-state index < -0.39 is 0 Å². The Balaban J connectivity index is 1.57. The number of nitriles is 1. The Kier molecular flexibility index (Phi) is 6.39. The Labute approximate surface area is 157 Å². The number of benzene rings is 1. The molecule has 1 aromatic heterocycles. The molecule has 134 valence electrons. The van der Waals surface area contributed by atoms with Gasteiger partial charge in [0.2, 0.25) is 0 Å². The van der Waals surface area contributed by atoms with E-state index in [2.05, 4.69) is 10.5 Å². The molecule has 1 heterocycles. The lowest BCUT2D eigenvalue weighted by Crippen LogP contribution is -2.16. The van der Waals surface area contributed by atoms with Gasteiger partial charge in [0.15, 0.2) is 6.61 Å². The average molecular weight is 367 g/mol. The number of nitrogens with zero attached hydrogens (tertiary/aromatic N) is 2. The van der Waals surface area contributed by atoms with Crippen molar-refractivity contribution in [2.45, 2.75) is 38.5 Å². The second-order valence-corrected chi connectivity index (χ2v) is 7.32. The summed E-state index contributed by atoms with van der Waals surface area (Å²) < 4.78 is 5.19. The summed E-state index contributed by atoms with van der Waals surface area (Å²) in [5.41, 5.74) is 4.77. The maximum absolute atomic E-state index is 12.3. The molecule has 0 spiro atoms. The van der Waals surface area contributed by atoms with E-state index in [-0.39, 0.29) is 12.5 Å². The van der Waals surface area contributed by atoms with Gasteiger partial charge in [0.05, 0.1) is 11.1 Å². The third-order valence-corrected chi connectivity index (χ3v) is 5.52. The Morgan fingerprint density at radius 3 is 2.77 bits per heavy atom. The van der Waals surface area contributed by atoms with Crippen molar-refractivity contribution in [1.82, 2.24) is 5.43 Å². The first kappa shape index (κ1) is 18.2. The van der Waals surface area contributed by atoms with Gasteiger partial charge in [-0.15, -0.1) is 11.3 Å². The maximum Gasteiger partial charge on any atom is 0.281 e. The highest BCUT2D eigenvalue weighted by molar-refractivity contribution is 7.14. The molecule has 1 amide bonds. The molecular weight excluding hydrogens is 346 g/mol. The first-order valence-corrected chi connectivity index (χ1v) is 9.63. The molecule has 0 fully saturated rings. The van der Waals surface area contributed by atoms with Crippen molar-refractivity contribution in [3.8, 4) is 11.8 Å². The van der Waals surface area contributed by atoms with E-state index in [1.807, 2.05) is 24.3 Å². The van der Waals surface area contributed by atoms with E-state index >= 15 is 0 Å². The number of fused-ring (bicyclic) bond motifs is 1. The Bertz CT molecular complexity index is 793. The third-order valence-electron chi connectivity index (χ3n) is 4.28. The van der Waals surface area contributed by atoms with Gasteiger partial charge in [0.25, 0.3) is 5.91 Å². The number of carbonyl (C=O) groups excluding carboxylic acids is 1. The van der Waals surface area contributed by atoms with Crippen LogP contribution in [0.3, 0.4) is 0 Å². The summed E-state index contributed by atoms with van der Waals surface area (Å²) in [5.74, 6) is 0.468. The van der Waals surface area contributed by atoms with Crippen LogP contribution in [0.25, 0.3) is 0 Å². The number of carbonyl (C=O) groups is 1. The summed E-state index contributed by atoms with van der Waals surface area (Å²) in [4.78, 5) is 14.4. The maximum atomic E-state index is 12.3. The van der Waals surface area contributed by atoms with Crippen LogP contribution in [0.2, 0.25) is 0 Å². The highest BCUT2D eigenvalue weighted by atomic mass is 32.1. The van der Waals surface area contributed by atoms with E-state index in [9.17, 15) is 4.79 Å². The molecule has 1 aliphatic rings. The number of thiophene rings is 1. The summed E-state index contributed by atoms with van der Waals surface area (Å²) in [6.45, 7) is 0.0221. The molecule has 3 rings (SSSR count). The fourth-order valence-electron chi connectivity index (χ4n) is 2.94. The molecule has 0 radical (unpaired) electrons. The summed E-state index contributed by atoms with van der Waals surface area (Å²) in [7, 11) is 0. The molecule has 1 aromatic carbocycles. The lowest BCUT2D eigenvalue weighted by molar-refractivity contribution is 0.0959. The van der Waals surface area contributed by atoms with Crippen molar-refractivity contribution >= 4 is 23.5 Å². The zero-order valence-corrected chi connectivity index (χ0v) is 15.3. The topological polar surface area (TPSA) is 74.5 Å². The molecule has 0 bridgehead atoms. The molecular formula is C20H21N3O2S. The number of hydrogen-bond acceptors (Lipinski definition) is 5. The van der Waals surface area contributed by atoms with Crippen molar-refractivity contribution in [3.63, 3.8) is 0 Å². The number of ether oxygens (including phenoxy) is 1. The molecule has 0 aliphatic heterocycles. The van der Waals surface area contributed by atoms with Crippen molar-refractivity contribution in [1.29, 1.82) is 5.26 Å². The van der Waals surface area contributed by atoms with Gasteiger partial charge in [-0.2, -0.15) is 10.4 Å². The zero-order chi connectivity index (χ0) is 18.2. The standard InChI is InChI=1S/C20H21N3O2S/c21-11-12-25-17-9-7-15(8-10-17)14-22-23-20(24)19-13-16-5-3-1-2-4-6-18(16)26-19/h7-10,13-14H,1-6,12H2,(H,23,24)/b22-14-. The summed E-state index contributed by atoms with van der Waals surface area (Å²) in [6.07, 6.45) is 8.72. The van der Waals surface area contributed by atoms with Crippen LogP contribution in [0.15, 0.2) is 35.4 Å². The molecule has 0 saturated carbocycles. The Morgan fingerprint density at radius 1 is 1.23 bits per heavy atom. The predicted molar refractivity (Wildman–Crippen MR) is 103 cm³/mol. The fraction of sp³-hybridized carbons (Fsp3) is 0.350. The highest BCUT2D eigenvalue weighted by Crippen LogP contribution is 2.28. The SMILES string of the molecule is N#CCOc1ccc(/C=N\NC(=O)c2cc3c(s2)CCCCCC3)cc1. The minimum atomic E-state index is -0.160. The molecule has 5 nitrogen and oxygen atoms in total. The molecule has 1 aliphatic carbocycles. The minimum Gasteiger partial charge on any atom is -0.479 e. The summed E-state index contributed by atoms with van der Waals surface area (Å²) >= 11 is 1.59. The van der Waals surface area contributed by atoms with E-state index in [0.717, 1.165) is 23.3 Å². The number of aryl methyl sites for hydroxylation is 2.